The van der Waals surface area contributed by atoms with Crippen LogP contribution in [0, 0.1) is 5.41 Å². The van der Waals surface area contributed by atoms with Crippen molar-refractivity contribution in [2.75, 3.05) is 32.1 Å². The number of benzene rings is 3. The van der Waals surface area contributed by atoms with Gasteiger partial charge in [-0.05, 0) is 124 Å². The Kier molecular flexibility index (Phi) is 17.5. The van der Waals surface area contributed by atoms with E-state index in [9.17, 15) is 33.6 Å². The van der Waals surface area contributed by atoms with Gasteiger partial charge < -0.3 is 52.3 Å². The van der Waals surface area contributed by atoms with Crippen molar-refractivity contribution in [3.8, 4) is 0 Å². The normalized spacial score (nSPS) is 22.8. The highest BCUT2D eigenvalue weighted by atomic mass is 28.3. The number of fused-ring (bicyclic) bond motifs is 2. The van der Waals surface area contributed by atoms with Crippen molar-refractivity contribution < 1.29 is 33.6 Å². The molecule has 2 aliphatic carbocycles. The van der Waals surface area contributed by atoms with Gasteiger partial charge in [0.1, 0.15) is 24.2 Å². The lowest BCUT2D eigenvalue weighted by Gasteiger charge is -2.36. The number of carbonyl (C=O) groups excluding carboxylic acids is 7. The van der Waals surface area contributed by atoms with Gasteiger partial charge in [0.25, 0.3) is 0 Å². The summed E-state index contributed by atoms with van der Waals surface area (Å²) >= 11 is 0. The third-order valence-electron chi connectivity index (χ3n) is 15.2. The van der Waals surface area contributed by atoms with Gasteiger partial charge in [-0.3, -0.25) is 28.8 Å². The molecule has 2 saturated heterocycles. The molecule has 2 aliphatic heterocycles. The van der Waals surface area contributed by atoms with Crippen molar-refractivity contribution in [2.24, 2.45) is 5.41 Å². The summed E-state index contributed by atoms with van der Waals surface area (Å²) in [5.74, 6) is -1.93. The van der Waals surface area contributed by atoms with E-state index >= 15 is 0 Å². The standard InChI is InChI=1S/C55H78N10O7Si/c1-33(56-6)48(66)62-44(52(70)65-32-73(8,9)31-46(65)51(69)61-43-23-15-19-37-17-11-13-21-41(37)43)28-35-24-26-38(27-25-35)58-54(72)59-39-29-45(50(68)60-42-22-14-18-36-16-10-12-20-40(36)42)64(30-39)53(71)47(55(3,4)5)63-49(67)34(2)57-7/h10-13,16-17,20-21,24-27,33-34,39,42-47,56-57H,14-15,18-19,22-23,28-32H2,1-9H3,(H,60,68)(H,61,69)(H,62,66)(H,63,67)(H2,58,59,72). The van der Waals surface area contributed by atoms with E-state index in [0.717, 1.165) is 55.2 Å². The van der Waals surface area contributed by atoms with Crippen LogP contribution in [0.15, 0.2) is 72.8 Å². The Morgan fingerprint density at radius 2 is 1.21 bits per heavy atom. The monoisotopic (exact) mass is 1020 g/mol. The van der Waals surface area contributed by atoms with Crippen LogP contribution in [0.5, 0.6) is 0 Å². The predicted molar refractivity (Wildman–Crippen MR) is 285 cm³/mol. The number of anilines is 1. The van der Waals surface area contributed by atoms with Crippen molar-refractivity contribution in [3.05, 3.63) is 101 Å². The molecule has 0 radical (unpaired) electrons. The number of hydrogen-bond acceptors (Lipinski definition) is 9. The molecular weight excluding hydrogens is 941 g/mol. The van der Waals surface area contributed by atoms with E-state index in [-0.39, 0.29) is 61.0 Å². The van der Waals surface area contributed by atoms with Crippen molar-refractivity contribution in [1.82, 2.24) is 47.0 Å². The molecule has 17 nitrogen and oxygen atoms in total. The van der Waals surface area contributed by atoms with Gasteiger partial charge >= 0.3 is 6.03 Å². The van der Waals surface area contributed by atoms with E-state index in [0.29, 0.717) is 17.9 Å². The topological polar surface area (TPSA) is 222 Å². The fraction of sp³-hybridized carbons (Fsp3) is 0.545. The summed E-state index contributed by atoms with van der Waals surface area (Å²) < 4.78 is 0. The Morgan fingerprint density at radius 1 is 0.671 bits per heavy atom. The first-order valence-corrected chi connectivity index (χ1v) is 29.6. The van der Waals surface area contributed by atoms with E-state index in [1.165, 1.54) is 16.0 Å². The molecule has 4 aliphatic rings. The fourth-order valence-corrected chi connectivity index (χ4v) is 13.7. The van der Waals surface area contributed by atoms with Crippen LogP contribution < -0.4 is 42.5 Å². The number of amides is 8. The van der Waals surface area contributed by atoms with Gasteiger partial charge in [0.05, 0.1) is 38.3 Å². The van der Waals surface area contributed by atoms with Crippen LogP contribution in [0.3, 0.4) is 0 Å². The third-order valence-corrected chi connectivity index (χ3v) is 17.9. The van der Waals surface area contributed by atoms with E-state index in [1.807, 2.05) is 51.1 Å². The average Bonchev–Trinajstić information content (AvgIpc) is 3.94. The molecule has 8 N–H and O–H groups in total. The summed E-state index contributed by atoms with van der Waals surface area (Å²) in [6, 6.07) is 17.7. The molecule has 9 unspecified atom stereocenters. The minimum Gasteiger partial charge on any atom is -0.348 e. The Labute approximate surface area is 431 Å². The molecule has 3 aromatic carbocycles. The number of hydrogen-bond donors (Lipinski definition) is 8. The summed E-state index contributed by atoms with van der Waals surface area (Å²) in [6.45, 7) is 13.4. The molecule has 73 heavy (non-hydrogen) atoms. The molecule has 18 heteroatoms. The van der Waals surface area contributed by atoms with E-state index in [2.05, 4.69) is 73.8 Å². The number of aryl methyl sites for hydroxylation is 2. The zero-order chi connectivity index (χ0) is 52.8. The van der Waals surface area contributed by atoms with Gasteiger partial charge in [-0.2, -0.15) is 0 Å². The number of rotatable bonds is 16. The van der Waals surface area contributed by atoms with Gasteiger partial charge in [-0.15, -0.1) is 0 Å². The molecular formula is C55H78N10O7Si. The smallest absolute Gasteiger partial charge is 0.319 e. The van der Waals surface area contributed by atoms with Crippen LogP contribution >= 0.6 is 0 Å². The first kappa shape index (κ1) is 54.7. The van der Waals surface area contributed by atoms with Crippen LogP contribution in [0.2, 0.25) is 19.1 Å². The molecule has 8 amide bonds. The summed E-state index contributed by atoms with van der Waals surface area (Å²) in [4.78, 5) is 101. The number of urea groups is 1. The molecule has 2 fully saturated rings. The van der Waals surface area contributed by atoms with Gasteiger partial charge in [-0.25, -0.2) is 4.79 Å². The molecule has 3 aromatic rings. The number of likely N-dealkylation sites (tertiary alicyclic amines) is 1. The second-order valence-electron chi connectivity index (χ2n) is 22.5. The zero-order valence-electron chi connectivity index (χ0n) is 44.2. The third kappa shape index (κ3) is 13.4. The maximum absolute atomic E-state index is 14.7. The average molecular weight is 1020 g/mol. The lowest BCUT2D eigenvalue weighted by molar-refractivity contribution is -0.144. The lowest BCUT2D eigenvalue weighted by Crippen LogP contribution is -2.59. The minimum absolute atomic E-state index is 0.0373. The lowest BCUT2D eigenvalue weighted by atomic mass is 9.85. The number of nitrogens with one attached hydrogen (secondary N) is 8. The largest absolute Gasteiger partial charge is 0.348 e. The van der Waals surface area contributed by atoms with E-state index in [4.69, 9.17) is 0 Å². The summed E-state index contributed by atoms with van der Waals surface area (Å²) in [5.41, 5.74) is 5.06. The molecule has 9 atom stereocenters. The highest BCUT2D eigenvalue weighted by Gasteiger charge is 2.48. The highest BCUT2D eigenvalue weighted by Crippen LogP contribution is 2.34. The maximum Gasteiger partial charge on any atom is 0.319 e. The number of likely N-dealkylation sites (N-methyl/N-ethyl adjacent to an activating group) is 2. The Morgan fingerprint density at radius 3 is 1.75 bits per heavy atom. The number of carbonyl (C=O) groups is 7. The van der Waals surface area contributed by atoms with Crippen LogP contribution in [0.25, 0.3) is 0 Å². The molecule has 7 rings (SSSR count). The van der Waals surface area contributed by atoms with E-state index < -0.39 is 67.7 Å². The van der Waals surface area contributed by atoms with Crippen LogP contribution in [0.1, 0.15) is 107 Å². The minimum atomic E-state index is -2.02. The van der Waals surface area contributed by atoms with Crippen LogP contribution in [-0.2, 0) is 48.0 Å². The van der Waals surface area contributed by atoms with Gasteiger partial charge in [0.15, 0.2) is 0 Å². The maximum atomic E-state index is 14.7. The van der Waals surface area contributed by atoms with Crippen molar-refractivity contribution in [1.29, 1.82) is 0 Å². The highest BCUT2D eigenvalue weighted by molar-refractivity contribution is 6.79. The molecule has 0 bridgehead atoms. The second-order valence-corrected chi connectivity index (χ2v) is 27.5. The van der Waals surface area contributed by atoms with Crippen LogP contribution in [-0.4, -0.2) is 128 Å². The Hall–Kier alpha value is -6.11. The van der Waals surface area contributed by atoms with E-state index in [1.54, 1.807) is 57.1 Å². The van der Waals surface area contributed by atoms with Gasteiger partial charge in [0.2, 0.25) is 35.4 Å². The quantitative estimate of drug-likeness (QED) is 0.0953. The summed E-state index contributed by atoms with van der Waals surface area (Å²) in [6.07, 6.45) is 6.10. The fourth-order valence-electron chi connectivity index (χ4n) is 10.9. The Balaban J connectivity index is 1.04. The molecule has 0 saturated carbocycles. The van der Waals surface area contributed by atoms with Crippen molar-refractivity contribution in [3.63, 3.8) is 0 Å². The van der Waals surface area contributed by atoms with Gasteiger partial charge in [-0.1, -0.05) is 94.5 Å². The van der Waals surface area contributed by atoms with Gasteiger partial charge in [0, 0.05) is 24.8 Å². The number of nitrogens with zero attached hydrogens (tertiary/aromatic N) is 2. The molecule has 0 spiro atoms. The van der Waals surface area contributed by atoms with Crippen molar-refractivity contribution >= 4 is 55.2 Å². The summed E-state index contributed by atoms with van der Waals surface area (Å²) in [7, 11) is 1.32. The SMILES string of the molecule is CNC(C)C(=O)NC(Cc1ccc(NC(=O)NC2CC(C(=O)NC3CCCc4ccccc43)N(C(=O)C(NC(=O)C(C)NC)C(C)(C)C)C2)cc1)C(=O)N1C[Si](C)(C)CC1C(=O)NC1CCCc2ccccc21. The second kappa shape index (κ2) is 23.4. The molecule has 2 heterocycles. The first-order valence-electron chi connectivity index (χ1n) is 26.2. The predicted octanol–water partition coefficient (Wildman–Crippen LogP) is 4.40. The molecule has 394 valence electrons. The van der Waals surface area contributed by atoms with Crippen molar-refractivity contribution in [2.45, 2.75) is 159 Å². The van der Waals surface area contributed by atoms with Crippen LogP contribution in [0.4, 0.5) is 10.5 Å². The zero-order valence-corrected chi connectivity index (χ0v) is 45.2. The Bertz CT molecular complexity index is 2520. The summed E-state index contributed by atoms with van der Waals surface area (Å²) in [5, 5.41) is 24.2. The molecule has 0 aromatic heterocycles. The first-order chi connectivity index (χ1) is 34.7.